The highest BCUT2D eigenvalue weighted by Gasteiger charge is 2.44. The quantitative estimate of drug-likeness (QED) is 0.199. The number of hydrogen-bond acceptors (Lipinski definition) is 2. The number of furan rings is 1. The Balaban J connectivity index is 1.29. The molecule has 2 nitrogen and oxygen atoms in total. The van der Waals surface area contributed by atoms with Crippen molar-refractivity contribution in [1.82, 2.24) is 0 Å². The molecule has 0 unspecified atom stereocenters. The first-order chi connectivity index (χ1) is 22.7. The number of benzene rings is 7. The monoisotopic (exact) mass is 589 g/mol. The number of nitrogens with zero attached hydrogens (tertiary/aromatic N) is 1. The van der Waals surface area contributed by atoms with Crippen LogP contribution in [0.3, 0.4) is 0 Å². The van der Waals surface area contributed by atoms with E-state index >= 15 is 0 Å². The molecule has 1 aliphatic rings. The molecule has 0 amide bonds. The van der Waals surface area contributed by atoms with Gasteiger partial charge in [0, 0.05) is 38.8 Å². The molecule has 46 heavy (non-hydrogen) atoms. The Morgan fingerprint density at radius 1 is 0.435 bits per heavy atom. The first-order valence-corrected chi connectivity index (χ1v) is 15.9. The van der Waals surface area contributed by atoms with Crippen molar-refractivity contribution in [3.63, 3.8) is 0 Å². The second-order valence-corrected chi connectivity index (χ2v) is 12.2. The van der Waals surface area contributed by atoms with Gasteiger partial charge < -0.3 is 9.32 Å². The van der Waals surface area contributed by atoms with Crippen LogP contribution in [0.25, 0.3) is 44.2 Å². The van der Waals surface area contributed by atoms with Gasteiger partial charge in [0.15, 0.2) is 0 Å². The normalized spacial score (nSPS) is 13.1. The zero-order valence-corrected chi connectivity index (χ0v) is 25.5. The lowest BCUT2D eigenvalue weighted by molar-refractivity contribution is 0.638. The molecule has 1 heterocycles. The number of hydrogen-bond donors (Lipinski definition) is 0. The number of para-hydroxylation sites is 3. The lowest BCUT2D eigenvalue weighted by Gasteiger charge is -2.31. The van der Waals surface area contributed by atoms with Gasteiger partial charge in [0.05, 0.1) is 0 Å². The maximum Gasteiger partial charge on any atom is 0.140 e. The Morgan fingerprint density at radius 2 is 0.957 bits per heavy atom. The third kappa shape index (κ3) is 3.90. The first-order valence-electron chi connectivity index (χ1n) is 15.9. The number of anilines is 3. The van der Waals surface area contributed by atoms with Crippen molar-refractivity contribution in [2.45, 2.75) is 12.3 Å². The van der Waals surface area contributed by atoms with E-state index in [0.29, 0.717) is 0 Å². The molecule has 0 aliphatic heterocycles. The third-order valence-electron chi connectivity index (χ3n) is 9.73. The van der Waals surface area contributed by atoms with Crippen molar-refractivity contribution in [2.75, 3.05) is 4.90 Å². The summed E-state index contributed by atoms with van der Waals surface area (Å²) in [5, 5.41) is 2.29. The lowest BCUT2D eigenvalue weighted by Crippen LogP contribution is -2.23. The molecule has 218 valence electrons. The molecule has 1 aliphatic carbocycles. The van der Waals surface area contributed by atoms with Gasteiger partial charge in [0.1, 0.15) is 11.2 Å². The molecular formula is C44H31NO. The molecule has 0 fully saturated rings. The Hall–Kier alpha value is -5.86. The second kappa shape index (κ2) is 10.4. The van der Waals surface area contributed by atoms with Gasteiger partial charge in [-0.15, -0.1) is 0 Å². The zero-order valence-electron chi connectivity index (χ0n) is 25.5. The van der Waals surface area contributed by atoms with E-state index in [2.05, 4.69) is 182 Å². The summed E-state index contributed by atoms with van der Waals surface area (Å²) in [6, 6.07) is 60.8. The van der Waals surface area contributed by atoms with Crippen LogP contribution in [0.5, 0.6) is 0 Å². The van der Waals surface area contributed by atoms with Crippen molar-refractivity contribution in [1.29, 1.82) is 0 Å². The minimum atomic E-state index is -0.422. The molecule has 0 atom stereocenters. The highest BCUT2D eigenvalue weighted by molar-refractivity contribution is 6.09. The summed E-state index contributed by atoms with van der Waals surface area (Å²) in [4.78, 5) is 2.30. The number of fused-ring (bicyclic) bond motifs is 6. The SMILES string of the molecule is CC1(c2c(-c3ccc(N(c4ccccc4)c4ccccc4)cc3)ccc3c2oc2ccccc23)c2ccccc2-c2ccccc21. The van der Waals surface area contributed by atoms with E-state index in [-0.39, 0.29) is 0 Å². The van der Waals surface area contributed by atoms with Gasteiger partial charge in [0.2, 0.25) is 0 Å². The summed E-state index contributed by atoms with van der Waals surface area (Å²) in [5.74, 6) is 0. The van der Waals surface area contributed by atoms with Gasteiger partial charge >= 0.3 is 0 Å². The van der Waals surface area contributed by atoms with E-state index in [1.807, 2.05) is 0 Å². The van der Waals surface area contributed by atoms with Crippen molar-refractivity contribution >= 4 is 39.0 Å². The van der Waals surface area contributed by atoms with Crippen LogP contribution in [0.2, 0.25) is 0 Å². The van der Waals surface area contributed by atoms with Crippen molar-refractivity contribution in [2.24, 2.45) is 0 Å². The summed E-state index contributed by atoms with van der Waals surface area (Å²) >= 11 is 0. The average Bonchev–Trinajstić information content (AvgIpc) is 3.63. The van der Waals surface area contributed by atoms with E-state index in [1.54, 1.807) is 0 Å². The van der Waals surface area contributed by atoms with Gasteiger partial charge in [-0.3, -0.25) is 0 Å². The smallest absolute Gasteiger partial charge is 0.140 e. The molecule has 0 radical (unpaired) electrons. The van der Waals surface area contributed by atoms with Crippen LogP contribution in [-0.4, -0.2) is 0 Å². The van der Waals surface area contributed by atoms with Gasteiger partial charge in [-0.2, -0.15) is 0 Å². The Kier molecular flexibility index (Phi) is 5.97. The van der Waals surface area contributed by atoms with E-state index in [4.69, 9.17) is 4.42 Å². The molecular weight excluding hydrogens is 558 g/mol. The Labute approximate surface area is 268 Å². The molecule has 0 N–H and O–H groups in total. The zero-order chi connectivity index (χ0) is 30.7. The van der Waals surface area contributed by atoms with Crippen LogP contribution >= 0.6 is 0 Å². The van der Waals surface area contributed by atoms with Crippen molar-refractivity contribution in [3.8, 4) is 22.3 Å². The fraction of sp³-hybridized carbons (Fsp3) is 0.0455. The molecule has 0 saturated carbocycles. The minimum absolute atomic E-state index is 0.422. The fourth-order valence-corrected chi connectivity index (χ4v) is 7.64. The second-order valence-electron chi connectivity index (χ2n) is 12.2. The van der Waals surface area contributed by atoms with Crippen LogP contribution in [0, 0.1) is 0 Å². The Morgan fingerprint density at radius 3 is 1.59 bits per heavy atom. The van der Waals surface area contributed by atoms with Gasteiger partial charge in [-0.25, -0.2) is 0 Å². The maximum atomic E-state index is 6.82. The van der Waals surface area contributed by atoms with Crippen LogP contribution in [-0.2, 0) is 5.41 Å². The van der Waals surface area contributed by atoms with E-state index in [1.165, 1.54) is 33.4 Å². The van der Waals surface area contributed by atoms with E-state index in [9.17, 15) is 0 Å². The van der Waals surface area contributed by atoms with Crippen molar-refractivity contribution < 1.29 is 4.42 Å². The van der Waals surface area contributed by atoms with Crippen LogP contribution < -0.4 is 4.90 Å². The fourth-order valence-electron chi connectivity index (χ4n) is 7.64. The predicted molar refractivity (Wildman–Crippen MR) is 191 cm³/mol. The molecule has 0 spiro atoms. The van der Waals surface area contributed by atoms with Gasteiger partial charge in [-0.05, 0) is 88.8 Å². The number of rotatable bonds is 5. The molecule has 0 saturated heterocycles. The summed E-state index contributed by atoms with van der Waals surface area (Å²) < 4.78 is 6.82. The summed E-state index contributed by atoms with van der Waals surface area (Å²) in [6.45, 7) is 2.38. The summed E-state index contributed by atoms with van der Waals surface area (Å²) in [5.41, 5.74) is 13.5. The summed E-state index contributed by atoms with van der Waals surface area (Å²) in [7, 11) is 0. The third-order valence-corrected chi connectivity index (χ3v) is 9.73. The molecule has 8 aromatic rings. The highest BCUT2D eigenvalue weighted by atomic mass is 16.3. The molecule has 1 aromatic heterocycles. The van der Waals surface area contributed by atoms with Crippen LogP contribution in [0.1, 0.15) is 23.6 Å². The standard InChI is InChI=1S/C44H31NO/c1-44(39-21-11-8-18-35(39)36-19-9-12-22-40(36)44)42-34(28-29-38-37-20-10-13-23-41(37)46-43(38)42)30-24-26-33(27-25-30)45(31-14-4-2-5-15-31)32-16-6-3-7-17-32/h2-29H,1H3. The average molecular weight is 590 g/mol. The largest absolute Gasteiger partial charge is 0.456 e. The molecule has 2 heteroatoms. The maximum absolute atomic E-state index is 6.82. The Bertz CT molecular complexity index is 2280. The first kappa shape index (κ1) is 26.5. The van der Waals surface area contributed by atoms with Gasteiger partial charge in [0.25, 0.3) is 0 Å². The predicted octanol–water partition coefficient (Wildman–Crippen LogP) is 12.1. The van der Waals surface area contributed by atoms with E-state index in [0.717, 1.165) is 44.6 Å². The van der Waals surface area contributed by atoms with Gasteiger partial charge in [-0.1, -0.05) is 121 Å². The van der Waals surface area contributed by atoms with Crippen LogP contribution in [0.15, 0.2) is 174 Å². The van der Waals surface area contributed by atoms with Crippen molar-refractivity contribution in [3.05, 3.63) is 187 Å². The lowest BCUT2D eigenvalue weighted by atomic mass is 9.71. The van der Waals surface area contributed by atoms with E-state index < -0.39 is 5.41 Å². The molecule has 7 aromatic carbocycles. The summed E-state index contributed by atoms with van der Waals surface area (Å²) in [6.07, 6.45) is 0. The topological polar surface area (TPSA) is 16.4 Å². The minimum Gasteiger partial charge on any atom is -0.456 e. The molecule has 9 rings (SSSR count). The van der Waals surface area contributed by atoms with Crippen LogP contribution in [0.4, 0.5) is 17.1 Å². The highest BCUT2D eigenvalue weighted by Crippen LogP contribution is 2.56. The molecule has 0 bridgehead atoms.